The second kappa shape index (κ2) is 8.53. The van der Waals surface area contributed by atoms with Crippen LogP contribution < -0.4 is 5.32 Å². The molecule has 10 heteroatoms. The van der Waals surface area contributed by atoms with E-state index < -0.39 is 33.4 Å². The van der Waals surface area contributed by atoms with Gasteiger partial charge in [0, 0.05) is 11.3 Å². The number of sulfone groups is 1. The molecule has 0 radical (unpaired) electrons. The van der Waals surface area contributed by atoms with Gasteiger partial charge >= 0.3 is 0 Å². The molecule has 35 heavy (non-hydrogen) atoms. The Morgan fingerprint density at radius 2 is 1.83 bits per heavy atom. The monoisotopic (exact) mass is 496 g/mol. The Labute approximate surface area is 200 Å². The molecule has 4 aromatic rings. The molecule has 1 unspecified atom stereocenters. The van der Waals surface area contributed by atoms with Crippen molar-refractivity contribution in [2.45, 2.75) is 26.3 Å². The summed E-state index contributed by atoms with van der Waals surface area (Å²) in [5.74, 6) is -1.35. The van der Waals surface area contributed by atoms with Gasteiger partial charge in [-0.1, -0.05) is 6.07 Å². The van der Waals surface area contributed by atoms with Crippen molar-refractivity contribution < 1.29 is 22.0 Å². The van der Waals surface area contributed by atoms with Crippen LogP contribution in [0.25, 0.3) is 22.3 Å². The number of nitrogens with one attached hydrogen (secondary N) is 1. The molecule has 1 fully saturated rings. The molecule has 3 heterocycles. The minimum Gasteiger partial charge on any atom is -0.322 e. The zero-order valence-corrected chi connectivity index (χ0v) is 19.9. The van der Waals surface area contributed by atoms with Gasteiger partial charge in [0.05, 0.1) is 39.9 Å². The first-order chi connectivity index (χ1) is 16.6. The van der Waals surface area contributed by atoms with Crippen molar-refractivity contribution in [1.29, 1.82) is 0 Å². The smallest absolute Gasteiger partial charge is 0.256 e. The number of nitrogens with zero attached hydrogens (tertiary/aromatic N) is 3. The largest absolute Gasteiger partial charge is 0.322 e. The topological polar surface area (TPSA) is 93.9 Å². The summed E-state index contributed by atoms with van der Waals surface area (Å²) < 4.78 is 53.4. The second-order valence-electron chi connectivity index (χ2n) is 8.77. The van der Waals surface area contributed by atoms with Gasteiger partial charge in [0.25, 0.3) is 5.91 Å². The van der Waals surface area contributed by atoms with E-state index in [9.17, 15) is 22.0 Å². The fourth-order valence-corrected chi connectivity index (χ4v) is 6.04. The van der Waals surface area contributed by atoms with Crippen molar-refractivity contribution in [2.24, 2.45) is 0 Å². The van der Waals surface area contributed by atoms with E-state index in [0.717, 1.165) is 0 Å². The summed E-state index contributed by atoms with van der Waals surface area (Å²) in [4.78, 5) is 18.1. The van der Waals surface area contributed by atoms with Crippen LogP contribution in [-0.4, -0.2) is 40.6 Å². The molecule has 2 aromatic heterocycles. The van der Waals surface area contributed by atoms with Gasteiger partial charge < -0.3 is 5.32 Å². The van der Waals surface area contributed by atoms with E-state index >= 15 is 0 Å². The molecule has 7 nitrogen and oxygen atoms in total. The molecule has 180 valence electrons. The van der Waals surface area contributed by atoms with Crippen molar-refractivity contribution in [2.75, 3.05) is 16.8 Å². The minimum absolute atomic E-state index is 0.0576. The number of carbonyl (C=O) groups excluding carboxylic acids is 1. The van der Waals surface area contributed by atoms with Crippen LogP contribution >= 0.6 is 0 Å². The van der Waals surface area contributed by atoms with E-state index in [0.29, 0.717) is 45.7 Å². The molecule has 0 saturated carbocycles. The molecule has 1 aliphatic heterocycles. The number of pyridine rings is 1. The lowest BCUT2D eigenvalue weighted by Gasteiger charge is -2.13. The van der Waals surface area contributed by atoms with E-state index in [2.05, 4.69) is 10.4 Å². The Bertz CT molecular complexity index is 1580. The van der Waals surface area contributed by atoms with Crippen LogP contribution in [0.1, 0.15) is 34.1 Å². The van der Waals surface area contributed by atoms with Crippen molar-refractivity contribution in [1.82, 2.24) is 14.8 Å². The number of amides is 1. The third-order valence-electron chi connectivity index (χ3n) is 6.21. The summed E-state index contributed by atoms with van der Waals surface area (Å²) in [6, 6.07) is 11.3. The van der Waals surface area contributed by atoms with Gasteiger partial charge in [-0.05, 0) is 68.3 Å². The normalized spacial score (nSPS) is 17.1. The lowest BCUT2D eigenvalue weighted by molar-refractivity contribution is 0.102. The molecule has 1 amide bonds. The SMILES string of the molecule is Cc1ccc(NC(=O)c2cc(-c3ccc(F)cc3)nc3c2c(C)nn3C2CCS(=O)(=O)C2)cc1F. The molecule has 0 bridgehead atoms. The number of hydrogen-bond acceptors (Lipinski definition) is 5. The molecule has 1 saturated heterocycles. The highest BCUT2D eigenvalue weighted by Crippen LogP contribution is 2.32. The zero-order valence-electron chi connectivity index (χ0n) is 19.0. The van der Waals surface area contributed by atoms with Crippen LogP contribution in [0.2, 0.25) is 0 Å². The number of halogens is 2. The predicted octanol–water partition coefficient (Wildman–Crippen LogP) is 4.61. The van der Waals surface area contributed by atoms with Crippen LogP contribution in [0, 0.1) is 25.5 Å². The molecule has 0 aliphatic carbocycles. The molecule has 5 rings (SSSR count). The van der Waals surface area contributed by atoms with Crippen molar-refractivity contribution in [3.63, 3.8) is 0 Å². The maximum absolute atomic E-state index is 14.1. The van der Waals surface area contributed by atoms with Crippen molar-refractivity contribution in [3.8, 4) is 11.3 Å². The molecule has 1 aliphatic rings. The summed E-state index contributed by atoms with van der Waals surface area (Å²) in [5, 5.41) is 7.75. The Hall–Kier alpha value is -3.66. The summed E-state index contributed by atoms with van der Waals surface area (Å²) in [6.07, 6.45) is 0.394. The Morgan fingerprint density at radius 3 is 2.49 bits per heavy atom. The standard InChI is InChI=1S/C25H22F2N4O3S/c1-14-3-8-18(11-21(14)27)28-25(32)20-12-22(16-4-6-17(26)7-5-16)29-24-23(20)15(2)30-31(24)19-9-10-35(33,34)13-19/h3-8,11-12,19H,9-10,13H2,1-2H3,(H,28,32). The first-order valence-electron chi connectivity index (χ1n) is 11.0. The molecule has 1 atom stereocenters. The summed E-state index contributed by atoms with van der Waals surface area (Å²) in [7, 11) is -3.19. The number of fused-ring (bicyclic) bond motifs is 1. The van der Waals surface area contributed by atoms with E-state index in [1.807, 2.05) is 0 Å². The Kier molecular flexibility index (Phi) is 5.63. The number of aryl methyl sites for hydroxylation is 2. The predicted molar refractivity (Wildman–Crippen MR) is 129 cm³/mol. The summed E-state index contributed by atoms with van der Waals surface area (Å²) >= 11 is 0. The molecular formula is C25H22F2N4O3S. The van der Waals surface area contributed by atoms with Gasteiger partial charge in [0.1, 0.15) is 11.6 Å². The molecule has 0 spiro atoms. The minimum atomic E-state index is -3.19. The van der Waals surface area contributed by atoms with Gasteiger partial charge in [0.2, 0.25) is 0 Å². The van der Waals surface area contributed by atoms with Gasteiger partial charge in [-0.3, -0.25) is 4.79 Å². The average Bonchev–Trinajstić information content (AvgIpc) is 3.35. The van der Waals surface area contributed by atoms with Crippen LogP contribution in [-0.2, 0) is 9.84 Å². The number of anilines is 1. The van der Waals surface area contributed by atoms with E-state index in [4.69, 9.17) is 4.98 Å². The van der Waals surface area contributed by atoms with E-state index in [1.165, 1.54) is 18.2 Å². The van der Waals surface area contributed by atoms with Gasteiger partial charge in [-0.15, -0.1) is 0 Å². The summed E-state index contributed by atoms with van der Waals surface area (Å²) in [5.41, 5.74) is 2.86. The first kappa shape index (κ1) is 23.1. The van der Waals surface area contributed by atoms with Crippen LogP contribution in [0.4, 0.5) is 14.5 Å². The fourth-order valence-electron chi connectivity index (χ4n) is 4.35. The number of benzene rings is 2. The number of rotatable bonds is 4. The van der Waals surface area contributed by atoms with Gasteiger partial charge in [-0.2, -0.15) is 5.10 Å². The maximum Gasteiger partial charge on any atom is 0.256 e. The number of hydrogen-bond donors (Lipinski definition) is 1. The van der Waals surface area contributed by atoms with Crippen LogP contribution in [0.15, 0.2) is 48.5 Å². The van der Waals surface area contributed by atoms with Crippen LogP contribution in [0.3, 0.4) is 0 Å². The second-order valence-corrected chi connectivity index (χ2v) is 11.0. The third-order valence-corrected chi connectivity index (χ3v) is 7.96. The Balaban J connectivity index is 1.67. The highest BCUT2D eigenvalue weighted by molar-refractivity contribution is 7.91. The molecule has 1 N–H and O–H groups in total. The third kappa shape index (κ3) is 4.41. The lowest BCUT2D eigenvalue weighted by atomic mass is 10.0. The van der Waals surface area contributed by atoms with E-state index in [-0.39, 0.29) is 17.1 Å². The van der Waals surface area contributed by atoms with Crippen LogP contribution in [0.5, 0.6) is 0 Å². The molecule has 2 aromatic carbocycles. The Morgan fingerprint density at radius 1 is 1.09 bits per heavy atom. The first-order valence-corrected chi connectivity index (χ1v) is 12.9. The van der Waals surface area contributed by atoms with E-state index in [1.54, 1.807) is 48.9 Å². The highest BCUT2D eigenvalue weighted by Gasteiger charge is 2.32. The number of aromatic nitrogens is 3. The lowest BCUT2D eigenvalue weighted by Crippen LogP contribution is -2.15. The van der Waals surface area contributed by atoms with Gasteiger partial charge in [0.15, 0.2) is 15.5 Å². The highest BCUT2D eigenvalue weighted by atomic mass is 32.2. The average molecular weight is 497 g/mol. The quantitative estimate of drug-likeness (QED) is 0.446. The van der Waals surface area contributed by atoms with Crippen molar-refractivity contribution in [3.05, 3.63) is 77.0 Å². The van der Waals surface area contributed by atoms with Gasteiger partial charge in [-0.25, -0.2) is 26.9 Å². The van der Waals surface area contributed by atoms with Crippen molar-refractivity contribution >= 4 is 32.5 Å². The summed E-state index contributed by atoms with van der Waals surface area (Å²) in [6.45, 7) is 3.35. The maximum atomic E-state index is 14.1. The zero-order chi connectivity index (χ0) is 24.9. The fraction of sp³-hybridized carbons (Fsp3) is 0.240. The molecular weight excluding hydrogens is 474 g/mol. The number of carbonyl (C=O) groups is 1.